The van der Waals surface area contributed by atoms with Crippen LogP contribution in [0.25, 0.3) is 0 Å². The molecule has 4 heterocycles. The van der Waals surface area contributed by atoms with Crippen LogP contribution in [0.1, 0.15) is 0 Å². The Bertz CT molecular complexity index is 1270. The van der Waals surface area contributed by atoms with E-state index >= 15 is 0 Å². The molecule has 0 radical (unpaired) electrons. The first kappa shape index (κ1) is 31.3. The van der Waals surface area contributed by atoms with E-state index in [4.69, 9.17) is 0 Å². The Morgan fingerprint density at radius 1 is 0.409 bits per heavy atom. The highest BCUT2D eigenvalue weighted by molar-refractivity contribution is 5.95. The molecule has 0 aliphatic rings. The maximum atomic E-state index is 12.9. The van der Waals surface area contributed by atoms with E-state index in [0.29, 0.717) is 22.7 Å². The lowest BCUT2D eigenvalue weighted by Gasteiger charge is -2.26. The summed E-state index contributed by atoms with van der Waals surface area (Å²) in [5.41, 5.74) is 2.25. The van der Waals surface area contributed by atoms with Crippen molar-refractivity contribution < 1.29 is 19.2 Å². The lowest BCUT2D eigenvalue weighted by Crippen LogP contribution is -2.46. The molecule has 0 atom stereocenters. The maximum absolute atomic E-state index is 12.9. The van der Waals surface area contributed by atoms with E-state index in [0.717, 1.165) is 0 Å². The summed E-state index contributed by atoms with van der Waals surface area (Å²) in [6.07, 6.45) is 12.5. The van der Waals surface area contributed by atoms with Crippen LogP contribution < -0.4 is 21.3 Å². The average molecular weight is 597 g/mol. The monoisotopic (exact) mass is 596 g/mol. The predicted molar refractivity (Wildman–Crippen MR) is 164 cm³/mol. The van der Waals surface area contributed by atoms with Crippen LogP contribution in [-0.2, 0) is 19.2 Å². The quantitative estimate of drug-likeness (QED) is 0.158. The van der Waals surface area contributed by atoms with Crippen molar-refractivity contribution in [3.63, 3.8) is 0 Å². The van der Waals surface area contributed by atoms with Gasteiger partial charge in [0.25, 0.3) is 0 Å². The molecular weight excluding hydrogens is 564 g/mol. The fraction of sp³-hybridized carbons (Fsp3) is 0.200. The van der Waals surface area contributed by atoms with E-state index in [-0.39, 0.29) is 62.9 Å². The lowest BCUT2D eigenvalue weighted by atomic mass is 10.3. The summed E-state index contributed by atoms with van der Waals surface area (Å²) in [7, 11) is 0. The second-order valence-corrected chi connectivity index (χ2v) is 9.56. The van der Waals surface area contributed by atoms with Crippen molar-refractivity contribution in [2.24, 2.45) is 0 Å². The number of hydrogen-bond acceptors (Lipinski definition) is 10. The lowest BCUT2D eigenvalue weighted by molar-refractivity contribution is -0.123. The molecule has 0 spiro atoms. The minimum atomic E-state index is -0.342. The molecule has 4 aromatic heterocycles. The number of rotatable bonds is 15. The number of carbonyl (C=O) groups is 4. The first-order valence-electron chi connectivity index (χ1n) is 13.7. The molecule has 0 saturated heterocycles. The minimum Gasteiger partial charge on any atom is -0.325 e. The molecule has 4 aromatic rings. The number of pyridine rings is 4. The normalized spacial score (nSPS) is 10.7. The Morgan fingerprint density at radius 3 is 0.818 bits per heavy atom. The molecule has 4 N–H and O–H groups in total. The van der Waals surface area contributed by atoms with Crippen LogP contribution in [-0.4, -0.2) is 92.6 Å². The van der Waals surface area contributed by atoms with E-state index < -0.39 is 0 Å². The van der Waals surface area contributed by atoms with Gasteiger partial charge in [-0.1, -0.05) is 0 Å². The summed E-state index contributed by atoms with van der Waals surface area (Å²) in [5.74, 6) is -1.37. The largest absolute Gasteiger partial charge is 0.325 e. The molecule has 0 unspecified atom stereocenters. The Kier molecular flexibility index (Phi) is 11.9. The molecule has 14 heteroatoms. The number of nitrogens with zero attached hydrogens (tertiary/aromatic N) is 6. The second kappa shape index (κ2) is 16.7. The minimum absolute atomic E-state index is 0.119. The third-order valence-electron chi connectivity index (χ3n) is 6.06. The van der Waals surface area contributed by atoms with Crippen molar-refractivity contribution in [3.8, 4) is 0 Å². The molecule has 0 fully saturated rings. The molecule has 226 valence electrons. The van der Waals surface area contributed by atoms with Crippen molar-refractivity contribution in [2.45, 2.75) is 0 Å². The number of anilines is 4. The average Bonchev–Trinajstić information content (AvgIpc) is 3.01. The van der Waals surface area contributed by atoms with Gasteiger partial charge in [0.15, 0.2) is 0 Å². The van der Waals surface area contributed by atoms with Gasteiger partial charge in [-0.05, 0) is 48.5 Å². The third-order valence-corrected chi connectivity index (χ3v) is 6.06. The van der Waals surface area contributed by atoms with Crippen molar-refractivity contribution in [1.29, 1.82) is 0 Å². The summed E-state index contributed by atoms with van der Waals surface area (Å²) < 4.78 is 0. The van der Waals surface area contributed by atoms with E-state index in [1.54, 1.807) is 108 Å². The highest BCUT2D eigenvalue weighted by Gasteiger charge is 2.20. The van der Waals surface area contributed by atoms with Crippen molar-refractivity contribution in [2.75, 3.05) is 60.5 Å². The fourth-order valence-corrected chi connectivity index (χ4v) is 4.07. The molecule has 4 amide bonds. The Morgan fingerprint density at radius 2 is 0.614 bits per heavy atom. The number of hydrogen-bond donors (Lipinski definition) is 4. The van der Waals surface area contributed by atoms with Gasteiger partial charge in [0.05, 0.1) is 26.2 Å². The van der Waals surface area contributed by atoms with Gasteiger partial charge in [-0.15, -0.1) is 0 Å². The third kappa shape index (κ3) is 11.3. The van der Waals surface area contributed by atoms with Crippen LogP contribution in [0.4, 0.5) is 22.7 Å². The van der Waals surface area contributed by atoms with Gasteiger partial charge in [0.1, 0.15) is 0 Å². The maximum Gasteiger partial charge on any atom is 0.238 e. The van der Waals surface area contributed by atoms with Crippen LogP contribution in [0.15, 0.2) is 98.1 Å². The van der Waals surface area contributed by atoms with Gasteiger partial charge in [-0.3, -0.25) is 48.9 Å². The van der Waals surface area contributed by atoms with Gasteiger partial charge < -0.3 is 21.3 Å². The molecule has 0 aromatic carbocycles. The van der Waals surface area contributed by atoms with Gasteiger partial charge in [-0.25, -0.2) is 0 Å². The number of aromatic nitrogens is 4. The smallest absolute Gasteiger partial charge is 0.238 e. The predicted octanol–water partition coefficient (Wildman–Crippen LogP) is 1.73. The molecule has 0 aliphatic heterocycles. The van der Waals surface area contributed by atoms with Crippen LogP contribution in [0.2, 0.25) is 0 Å². The zero-order valence-corrected chi connectivity index (χ0v) is 23.8. The number of carbonyl (C=O) groups excluding carboxylic acids is 4. The van der Waals surface area contributed by atoms with Crippen LogP contribution in [0.5, 0.6) is 0 Å². The first-order valence-corrected chi connectivity index (χ1v) is 13.7. The van der Waals surface area contributed by atoms with E-state index in [2.05, 4.69) is 41.2 Å². The zero-order chi connectivity index (χ0) is 31.0. The van der Waals surface area contributed by atoms with Crippen LogP contribution in [0, 0.1) is 0 Å². The van der Waals surface area contributed by atoms with E-state index in [1.165, 1.54) is 0 Å². The molecule has 14 nitrogen and oxygen atoms in total. The Hall–Kier alpha value is -5.60. The molecular formula is C30H32N10O4. The van der Waals surface area contributed by atoms with E-state index in [9.17, 15) is 19.2 Å². The van der Waals surface area contributed by atoms with Gasteiger partial charge >= 0.3 is 0 Å². The summed E-state index contributed by atoms with van der Waals surface area (Å²) >= 11 is 0. The standard InChI is InChI=1S/C30H32N10O4/c41-27(35-23-1-9-31-10-2-23)19-39(20-28(42)36-24-3-11-32-12-4-24)17-18-40(21-29(43)37-25-5-13-33-14-6-25)22-30(44)38-26-7-15-34-16-8-26/h1-16H,17-22H2,(H,31,35,41)(H,32,36,42)(H,33,37,43)(H,34,38,44). The van der Waals surface area contributed by atoms with Crippen LogP contribution >= 0.6 is 0 Å². The highest BCUT2D eigenvalue weighted by atomic mass is 16.2. The highest BCUT2D eigenvalue weighted by Crippen LogP contribution is 2.08. The Balaban J connectivity index is 1.44. The molecule has 0 bridgehead atoms. The molecule has 0 aliphatic carbocycles. The summed E-state index contributed by atoms with van der Waals surface area (Å²) in [4.78, 5) is 70.7. The summed E-state index contributed by atoms with van der Waals surface area (Å²) in [6, 6.07) is 13.2. The van der Waals surface area contributed by atoms with E-state index in [1.807, 2.05) is 0 Å². The Labute approximate surface area is 253 Å². The fourth-order valence-electron chi connectivity index (χ4n) is 4.07. The number of nitrogens with one attached hydrogen (secondary N) is 4. The number of amides is 4. The molecule has 44 heavy (non-hydrogen) atoms. The first-order chi connectivity index (χ1) is 21.4. The van der Waals surface area contributed by atoms with Crippen LogP contribution in [0.3, 0.4) is 0 Å². The molecule has 0 saturated carbocycles. The second-order valence-electron chi connectivity index (χ2n) is 9.56. The van der Waals surface area contributed by atoms with Gasteiger partial charge in [-0.2, -0.15) is 0 Å². The SMILES string of the molecule is O=C(CN(CCN(CC(=O)Nc1ccncc1)CC(=O)Nc1ccncc1)CC(=O)Nc1ccncc1)Nc1ccncc1. The zero-order valence-electron chi connectivity index (χ0n) is 23.8. The van der Waals surface area contributed by atoms with Gasteiger partial charge in [0, 0.05) is 85.4 Å². The van der Waals surface area contributed by atoms with Gasteiger partial charge in [0.2, 0.25) is 23.6 Å². The topological polar surface area (TPSA) is 174 Å². The molecule has 4 rings (SSSR count). The van der Waals surface area contributed by atoms with Crippen molar-refractivity contribution in [3.05, 3.63) is 98.1 Å². The summed E-state index contributed by atoms with van der Waals surface area (Å²) in [5, 5.41) is 11.2. The summed E-state index contributed by atoms with van der Waals surface area (Å²) in [6.45, 7) is -0.0887. The van der Waals surface area contributed by atoms with Crippen molar-refractivity contribution >= 4 is 46.4 Å². The van der Waals surface area contributed by atoms with Crippen molar-refractivity contribution in [1.82, 2.24) is 29.7 Å².